The van der Waals surface area contributed by atoms with Gasteiger partial charge in [-0.25, -0.2) is 9.18 Å². The lowest BCUT2D eigenvalue weighted by atomic mass is 9.97. The zero-order chi connectivity index (χ0) is 24.3. The van der Waals surface area contributed by atoms with Crippen LogP contribution in [0, 0.1) is 5.82 Å². The van der Waals surface area contributed by atoms with Crippen molar-refractivity contribution in [1.29, 1.82) is 0 Å². The molecule has 1 aromatic rings. The molecule has 0 saturated heterocycles. The number of benzene rings is 1. The molecule has 7 heteroatoms. The zero-order valence-corrected chi connectivity index (χ0v) is 22.3. The van der Waals surface area contributed by atoms with E-state index in [2.05, 4.69) is 65.5 Å². The second-order valence-electron chi connectivity index (χ2n) is 7.07. The number of nitrogens with zero attached hydrogens (tertiary/aromatic N) is 2. The first kappa shape index (κ1) is 28.2. The van der Waals surface area contributed by atoms with Crippen LogP contribution in [0.25, 0.3) is 5.57 Å². The normalized spacial score (nSPS) is 15.2. The number of halogens is 2. The van der Waals surface area contributed by atoms with Crippen molar-refractivity contribution in [3.63, 3.8) is 0 Å². The van der Waals surface area contributed by atoms with E-state index >= 15 is 0 Å². The molecule has 174 valence electrons. The van der Waals surface area contributed by atoms with Gasteiger partial charge in [0, 0.05) is 42.9 Å². The highest BCUT2D eigenvalue weighted by Crippen LogP contribution is 2.26. The van der Waals surface area contributed by atoms with E-state index in [1.807, 2.05) is 19.9 Å². The average molecular weight is 523 g/mol. The van der Waals surface area contributed by atoms with Crippen LogP contribution in [0.15, 0.2) is 57.6 Å². The summed E-state index contributed by atoms with van der Waals surface area (Å²) in [6.07, 6.45) is 8.42. The van der Waals surface area contributed by atoms with E-state index in [1.54, 1.807) is 19.3 Å². The minimum absolute atomic E-state index is 0.216. The second-order valence-corrected chi connectivity index (χ2v) is 8.54. The van der Waals surface area contributed by atoms with E-state index in [0.29, 0.717) is 10.9 Å². The molecule has 0 spiro atoms. The summed E-state index contributed by atoms with van der Waals surface area (Å²) >= 11 is 3.50. The molecule has 0 bridgehead atoms. The fourth-order valence-electron chi connectivity index (χ4n) is 3.30. The van der Waals surface area contributed by atoms with Crippen LogP contribution in [0.1, 0.15) is 43.1 Å². The Morgan fingerprint density at radius 2 is 2.09 bits per heavy atom. The first-order chi connectivity index (χ1) is 15.3. The van der Waals surface area contributed by atoms with Crippen molar-refractivity contribution in [1.82, 2.24) is 4.90 Å². The maximum atomic E-state index is 14.7. The van der Waals surface area contributed by atoms with Crippen LogP contribution in [0.4, 0.5) is 4.39 Å². The summed E-state index contributed by atoms with van der Waals surface area (Å²) in [6.45, 7) is 12.5. The average Bonchev–Trinajstić information content (AvgIpc) is 2.78. The predicted octanol–water partition coefficient (Wildman–Crippen LogP) is 5.71. The first-order valence-corrected chi connectivity index (χ1v) is 11.9. The minimum atomic E-state index is -0.541. The number of methoxy groups -OCH3 is 1. The van der Waals surface area contributed by atoms with Gasteiger partial charge in [0.05, 0.1) is 12.7 Å². The largest absolute Gasteiger partial charge is 0.465 e. The molecular weight excluding hydrogens is 490 g/mol. The lowest BCUT2D eigenvalue weighted by molar-refractivity contribution is 0.0600. The Balaban J connectivity index is 0.00000249. The summed E-state index contributed by atoms with van der Waals surface area (Å²) in [4.78, 5) is 17.9. The van der Waals surface area contributed by atoms with Crippen molar-refractivity contribution in [3.05, 3.63) is 69.5 Å². The Labute approximate surface area is 202 Å². The van der Waals surface area contributed by atoms with Gasteiger partial charge in [0.1, 0.15) is 5.82 Å². The minimum Gasteiger partial charge on any atom is -0.465 e. The van der Waals surface area contributed by atoms with Crippen LogP contribution in [-0.2, 0) is 4.74 Å². The molecule has 1 aromatic carbocycles. The van der Waals surface area contributed by atoms with Gasteiger partial charge in [0.2, 0.25) is 0 Å². The van der Waals surface area contributed by atoms with Crippen molar-refractivity contribution in [2.45, 2.75) is 27.2 Å². The van der Waals surface area contributed by atoms with Gasteiger partial charge in [0.25, 0.3) is 0 Å². The Bertz CT molecular complexity index is 928. The number of hydrogen-bond acceptors (Lipinski definition) is 4. The van der Waals surface area contributed by atoms with E-state index in [0.717, 1.165) is 41.7 Å². The molecule has 0 aliphatic carbocycles. The SMILES string of the molecule is C=C(/C=C(\C)CN1CC=C(c2c(F)cc(C(=O)OC)cc2P)CC1)/C(Br)=C\C=NC.CC. The fraction of sp³-hybridized carbons (Fsp3) is 0.360. The topological polar surface area (TPSA) is 41.9 Å². The Morgan fingerprint density at radius 1 is 1.41 bits per heavy atom. The summed E-state index contributed by atoms with van der Waals surface area (Å²) in [5, 5.41) is 0.662. The monoisotopic (exact) mass is 522 g/mol. The molecule has 1 aliphatic rings. The standard InChI is InChI=1S/C23H27BrFN2O2P.C2H6/c1-15(11-16(2)19(24)5-8-26-3)14-27-9-6-17(7-10-27)22-20(25)12-18(13-21(22)30)23(28)29-4;1-2/h5-6,8,11-13H,2,7,9-10,14,30H2,1,3-4H3;1-2H3/b15-11+,19-5+,26-8?;. The summed E-state index contributed by atoms with van der Waals surface area (Å²) in [7, 11) is 5.53. The summed E-state index contributed by atoms with van der Waals surface area (Å²) in [6, 6.07) is 2.89. The van der Waals surface area contributed by atoms with Gasteiger partial charge >= 0.3 is 5.97 Å². The number of carbonyl (C=O) groups excluding carboxylic acids is 1. The fourth-order valence-corrected chi connectivity index (χ4v) is 4.03. The highest BCUT2D eigenvalue weighted by atomic mass is 79.9. The number of esters is 1. The van der Waals surface area contributed by atoms with E-state index in [4.69, 9.17) is 0 Å². The molecule has 32 heavy (non-hydrogen) atoms. The number of allylic oxidation sites excluding steroid dienone is 4. The Morgan fingerprint density at radius 3 is 2.62 bits per heavy atom. The van der Waals surface area contributed by atoms with Crippen molar-refractivity contribution < 1.29 is 13.9 Å². The molecule has 1 aliphatic heterocycles. The molecule has 1 unspecified atom stereocenters. The summed E-state index contributed by atoms with van der Waals surface area (Å²) < 4.78 is 20.3. The van der Waals surface area contributed by atoms with Gasteiger partial charge < -0.3 is 4.74 Å². The van der Waals surface area contributed by atoms with Crippen LogP contribution in [0.5, 0.6) is 0 Å². The van der Waals surface area contributed by atoms with Crippen LogP contribution < -0.4 is 5.30 Å². The molecule has 0 fully saturated rings. The molecule has 4 nitrogen and oxygen atoms in total. The van der Waals surface area contributed by atoms with Gasteiger partial charge in [-0.05, 0) is 48.0 Å². The van der Waals surface area contributed by atoms with Gasteiger partial charge in [0.15, 0.2) is 0 Å². The van der Waals surface area contributed by atoms with Crippen LogP contribution in [0.2, 0.25) is 0 Å². The van der Waals surface area contributed by atoms with E-state index in [9.17, 15) is 9.18 Å². The molecule has 1 atom stereocenters. The van der Waals surface area contributed by atoms with Crippen molar-refractivity contribution >= 4 is 48.2 Å². The van der Waals surface area contributed by atoms with Crippen LogP contribution in [-0.4, -0.2) is 50.9 Å². The molecule has 2 rings (SSSR count). The molecule has 0 aromatic heterocycles. The van der Waals surface area contributed by atoms with Crippen LogP contribution >= 0.6 is 25.2 Å². The Hall–Kier alpha value is -1.88. The van der Waals surface area contributed by atoms with Crippen molar-refractivity contribution in [2.75, 3.05) is 33.8 Å². The third kappa shape index (κ3) is 8.23. The van der Waals surface area contributed by atoms with Gasteiger partial charge in [-0.3, -0.25) is 9.89 Å². The van der Waals surface area contributed by atoms with Gasteiger partial charge in [-0.1, -0.05) is 54.1 Å². The third-order valence-corrected chi connectivity index (χ3v) is 5.96. The molecule has 1 heterocycles. The van der Waals surface area contributed by atoms with Gasteiger partial charge in [-0.2, -0.15) is 0 Å². The van der Waals surface area contributed by atoms with Crippen molar-refractivity contribution in [2.24, 2.45) is 4.99 Å². The first-order valence-electron chi connectivity index (χ1n) is 10.5. The third-order valence-electron chi connectivity index (χ3n) is 4.73. The summed E-state index contributed by atoms with van der Waals surface area (Å²) in [5.74, 6) is -0.942. The number of rotatable bonds is 7. The zero-order valence-electron chi connectivity index (χ0n) is 19.5. The highest BCUT2D eigenvalue weighted by molar-refractivity contribution is 9.12. The number of ether oxygens (including phenoxy) is 1. The number of carbonyl (C=O) groups is 1. The molecule has 0 radical (unpaired) electrons. The summed E-state index contributed by atoms with van der Waals surface area (Å²) in [5.41, 5.74) is 3.81. The van der Waals surface area contributed by atoms with E-state index in [1.165, 1.54) is 18.7 Å². The van der Waals surface area contributed by atoms with Crippen molar-refractivity contribution in [3.8, 4) is 0 Å². The second kappa shape index (κ2) is 14.3. The quantitative estimate of drug-likeness (QED) is 0.199. The molecule has 0 N–H and O–H groups in total. The molecular formula is C25H33BrFN2O2P. The molecule has 0 saturated carbocycles. The Kier molecular flexibility index (Phi) is 12.6. The maximum Gasteiger partial charge on any atom is 0.337 e. The smallest absolute Gasteiger partial charge is 0.337 e. The molecule has 0 amide bonds. The van der Waals surface area contributed by atoms with Gasteiger partial charge in [-0.15, -0.1) is 9.24 Å². The van der Waals surface area contributed by atoms with Crippen LogP contribution in [0.3, 0.4) is 0 Å². The number of aliphatic imine (C=N–C) groups is 1. The predicted molar refractivity (Wildman–Crippen MR) is 142 cm³/mol. The number of hydrogen-bond donors (Lipinski definition) is 0. The lowest BCUT2D eigenvalue weighted by Gasteiger charge is -2.27. The lowest BCUT2D eigenvalue weighted by Crippen LogP contribution is -2.30. The highest BCUT2D eigenvalue weighted by Gasteiger charge is 2.20. The van der Waals surface area contributed by atoms with E-state index in [-0.39, 0.29) is 5.56 Å². The van der Waals surface area contributed by atoms with E-state index < -0.39 is 11.8 Å². The maximum absolute atomic E-state index is 14.7.